The molecule has 3 aliphatic rings. The maximum Gasteiger partial charge on any atom is 0.263 e. The molecule has 4 heterocycles. The van der Waals surface area contributed by atoms with Gasteiger partial charge in [-0.1, -0.05) is 0 Å². The molecule has 1 N–H and O–H groups in total. The Labute approximate surface area is 111 Å². The highest BCUT2D eigenvalue weighted by Crippen LogP contribution is 2.28. The van der Waals surface area contributed by atoms with Crippen LogP contribution in [-0.4, -0.2) is 41.5 Å². The Bertz CT molecular complexity index is 463. The number of thiazole rings is 1. The van der Waals surface area contributed by atoms with Gasteiger partial charge in [0.25, 0.3) is 5.91 Å². The van der Waals surface area contributed by atoms with Crippen LogP contribution >= 0.6 is 11.3 Å². The molecule has 5 heteroatoms. The van der Waals surface area contributed by atoms with Crippen LogP contribution in [0, 0.1) is 19.8 Å². The maximum atomic E-state index is 12.3. The topological polar surface area (TPSA) is 45.2 Å². The molecule has 0 aromatic carbocycles. The van der Waals surface area contributed by atoms with Crippen molar-refractivity contribution in [2.45, 2.75) is 32.7 Å². The monoisotopic (exact) mass is 265 g/mol. The van der Waals surface area contributed by atoms with E-state index in [2.05, 4.69) is 15.2 Å². The van der Waals surface area contributed by atoms with Crippen LogP contribution in [0.3, 0.4) is 0 Å². The van der Waals surface area contributed by atoms with Gasteiger partial charge < -0.3 is 10.2 Å². The average molecular weight is 265 g/mol. The lowest BCUT2D eigenvalue weighted by Gasteiger charge is -2.44. The van der Waals surface area contributed by atoms with Gasteiger partial charge in [0.1, 0.15) is 4.88 Å². The maximum absolute atomic E-state index is 12.3. The fourth-order valence-electron chi connectivity index (χ4n) is 3.10. The molecule has 3 fully saturated rings. The third-order valence-electron chi connectivity index (χ3n) is 4.08. The van der Waals surface area contributed by atoms with Crippen LogP contribution in [0.15, 0.2) is 0 Å². The van der Waals surface area contributed by atoms with Gasteiger partial charge in [0.15, 0.2) is 0 Å². The zero-order valence-corrected chi connectivity index (χ0v) is 11.7. The van der Waals surface area contributed by atoms with Crippen molar-refractivity contribution >= 4 is 17.2 Å². The zero-order chi connectivity index (χ0) is 12.7. The van der Waals surface area contributed by atoms with Crippen molar-refractivity contribution in [2.75, 3.05) is 19.6 Å². The number of fused-ring (bicyclic) bond motifs is 3. The Hall–Kier alpha value is -0.940. The SMILES string of the molecule is Cc1nc(C)c(C(=O)NC2CN3CCC2CC3)s1. The lowest BCUT2D eigenvalue weighted by molar-refractivity contribution is 0.0622. The Morgan fingerprint density at radius 3 is 2.61 bits per heavy atom. The molecule has 98 valence electrons. The van der Waals surface area contributed by atoms with E-state index < -0.39 is 0 Å². The Balaban J connectivity index is 1.69. The second-order valence-electron chi connectivity index (χ2n) is 5.37. The van der Waals surface area contributed by atoms with E-state index in [1.807, 2.05) is 13.8 Å². The molecular formula is C13H19N3OS. The first-order valence-corrected chi connectivity index (χ1v) is 7.42. The molecule has 2 bridgehead atoms. The lowest BCUT2D eigenvalue weighted by atomic mass is 9.84. The van der Waals surface area contributed by atoms with Gasteiger partial charge in [-0.3, -0.25) is 4.79 Å². The number of carbonyl (C=O) groups excluding carboxylic acids is 1. The summed E-state index contributed by atoms with van der Waals surface area (Å²) < 4.78 is 0. The molecule has 1 aromatic heterocycles. The van der Waals surface area contributed by atoms with Crippen molar-refractivity contribution in [3.8, 4) is 0 Å². The molecular weight excluding hydrogens is 246 g/mol. The number of piperidine rings is 3. The third kappa shape index (κ3) is 2.17. The summed E-state index contributed by atoms with van der Waals surface area (Å²) in [6.07, 6.45) is 2.46. The summed E-state index contributed by atoms with van der Waals surface area (Å²) in [6.45, 7) is 7.29. The van der Waals surface area contributed by atoms with Crippen LogP contribution in [0.25, 0.3) is 0 Å². The number of nitrogens with one attached hydrogen (secondary N) is 1. The summed E-state index contributed by atoms with van der Waals surface area (Å²) in [5, 5.41) is 4.17. The highest BCUT2D eigenvalue weighted by Gasteiger charge is 2.35. The molecule has 1 amide bonds. The molecule has 1 atom stereocenters. The molecule has 0 saturated carbocycles. The first kappa shape index (κ1) is 12.1. The van der Waals surface area contributed by atoms with Crippen molar-refractivity contribution in [1.29, 1.82) is 0 Å². The Morgan fingerprint density at radius 1 is 1.39 bits per heavy atom. The van der Waals surface area contributed by atoms with Crippen LogP contribution in [0.1, 0.15) is 33.2 Å². The smallest absolute Gasteiger partial charge is 0.263 e. The number of amides is 1. The van der Waals surface area contributed by atoms with Crippen molar-refractivity contribution in [2.24, 2.45) is 5.92 Å². The van der Waals surface area contributed by atoms with E-state index in [1.54, 1.807) is 0 Å². The number of hydrogen-bond donors (Lipinski definition) is 1. The van der Waals surface area contributed by atoms with E-state index in [0.29, 0.717) is 12.0 Å². The molecule has 18 heavy (non-hydrogen) atoms. The number of aromatic nitrogens is 1. The predicted molar refractivity (Wildman–Crippen MR) is 72.0 cm³/mol. The minimum atomic E-state index is 0.0665. The van der Waals surface area contributed by atoms with E-state index >= 15 is 0 Å². The van der Waals surface area contributed by atoms with Crippen molar-refractivity contribution in [1.82, 2.24) is 15.2 Å². The van der Waals surface area contributed by atoms with Crippen LogP contribution in [0.5, 0.6) is 0 Å². The summed E-state index contributed by atoms with van der Waals surface area (Å²) >= 11 is 1.49. The second-order valence-corrected chi connectivity index (χ2v) is 6.57. The van der Waals surface area contributed by atoms with Gasteiger partial charge in [-0.05, 0) is 45.7 Å². The lowest BCUT2D eigenvalue weighted by Crippen LogP contribution is -2.57. The normalized spacial score (nSPS) is 30.4. The van der Waals surface area contributed by atoms with Gasteiger partial charge in [0, 0.05) is 12.6 Å². The first-order valence-electron chi connectivity index (χ1n) is 6.61. The van der Waals surface area contributed by atoms with E-state index in [0.717, 1.165) is 22.1 Å². The minimum absolute atomic E-state index is 0.0665. The minimum Gasteiger partial charge on any atom is -0.347 e. The molecule has 0 spiro atoms. The predicted octanol–water partition coefficient (Wildman–Crippen LogP) is 1.58. The van der Waals surface area contributed by atoms with Gasteiger partial charge in [-0.15, -0.1) is 11.3 Å². The summed E-state index contributed by atoms with van der Waals surface area (Å²) in [5.41, 5.74) is 0.858. The number of hydrogen-bond acceptors (Lipinski definition) is 4. The van der Waals surface area contributed by atoms with Crippen LogP contribution in [0.4, 0.5) is 0 Å². The van der Waals surface area contributed by atoms with Gasteiger partial charge in [0.2, 0.25) is 0 Å². The average Bonchev–Trinajstić information content (AvgIpc) is 2.70. The zero-order valence-electron chi connectivity index (χ0n) is 10.9. The Kier molecular flexibility index (Phi) is 3.11. The van der Waals surface area contributed by atoms with Crippen LogP contribution < -0.4 is 5.32 Å². The molecule has 1 unspecified atom stereocenters. The molecule has 0 radical (unpaired) electrons. The first-order chi connectivity index (χ1) is 8.63. The van der Waals surface area contributed by atoms with Crippen molar-refractivity contribution in [3.63, 3.8) is 0 Å². The van der Waals surface area contributed by atoms with Gasteiger partial charge in [-0.25, -0.2) is 4.98 Å². The molecule has 3 aliphatic heterocycles. The fourth-order valence-corrected chi connectivity index (χ4v) is 3.93. The third-order valence-corrected chi connectivity index (χ3v) is 5.15. The quantitative estimate of drug-likeness (QED) is 0.883. The standard InChI is InChI=1S/C13H19N3OS/c1-8-12(18-9(2)14-8)13(17)15-11-7-16-5-3-10(11)4-6-16/h10-11H,3-7H2,1-2H3,(H,15,17). The van der Waals surface area contributed by atoms with Crippen molar-refractivity contribution in [3.05, 3.63) is 15.6 Å². The van der Waals surface area contributed by atoms with E-state index in [-0.39, 0.29) is 5.91 Å². The summed E-state index contributed by atoms with van der Waals surface area (Å²) in [4.78, 5) is 19.8. The largest absolute Gasteiger partial charge is 0.347 e. The molecule has 3 saturated heterocycles. The number of carbonyl (C=O) groups is 1. The molecule has 0 aliphatic carbocycles. The number of rotatable bonds is 2. The summed E-state index contributed by atoms with van der Waals surface area (Å²) in [5.74, 6) is 0.741. The summed E-state index contributed by atoms with van der Waals surface area (Å²) in [7, 11) is 0. The van der Waals surface area contributed by atoms with Gasteiger partial charge in [-0.2, -0.15) is 0 Å². The van der Waals surface area contributed by atoms with Crippen LogP contribution in [0.2, 0.25) is 0 Å². The summed E-state index contributed by atoms with van der Waals surface area (Å²) in [6, 6.07) is 0.335. The number of aryl methyl sites for hydroxylation is 2. The van der Waals surface area contributed by atoms with Gasteiger partial charge in [0.05, 0.1) is 10.7 Å². The fraction of sp³-hybridized carbons (Fsp3) is 0.692. The van der Waals surface area contributed by atoms with Crippen LogP contribution in [-0.2, 0) is 0 Å². The van der Waals surface area contributed by atoms with E-state index in [4.69, 9.17) is 0 Å². The van der Waals surface area contributed by atoms with Crippen molar-refractivity contribution < 1.29 is 4.79 Å². The highest BCUT2D eigenvalue weighted by molar-refractivity contribution is 7.13. The second kappa shape index (κ2) is 4.63. The van der Waals surface area contributed by atoms with Gasteiger partial charge >= 0.3 is 0 Å². The molecule has 4 nitrogen and oxygen atoms in total. The van der Waals surface area contributed by atoms with E-state index in [9.17, 15) is 4.79 Å². The molecule has 1 aromatic rings. The number of nitrogens with zero attached hydrogens (tertiary/aromatic N) is 2. The molecule has 4 rings (SSSR count). The highest BCUT2D eigenvalue weighted by atomic mass is 32.1. The Morgan fingerprint density at radius 2 is 2.11 bits per heavy atom. The van der Waals surface area contributed by atoms with E-state index in [1.165, 1.54) is 37.3 Å².